The topological polar surface area (TPSA) is 42.0 Å². The van der Waals surface area contributed by atoms with Crippen molar-refractivity contribution in [3.63, 3.8) is 0 Å². The summed E-state index contributed by atoms with van der Waals surface area (Å²) in [7, 11) is 0. The molecule has 1 unspecified atom stereocenters. The monoisotopic (exact) mass is 262 g/mol. The first-order valence-electron chi connectivity index (χ1n) is 4.00. The average Bonchev–Trinajstić information content (AvgIpc) is 2.49. The SMILES string of the molecule is CCC(Br)C(=O)Nc1nc(C)cs1. The van der Waals surface area contributed by atoms with E-state index in [1.165, 1.54) is 11.3 Å². The number of thiazole rings is 1. The van der Waals surface area contributed by atoms with E-state index in [2.05, 4.69) is 26.2 Å². The molecule has 0 aliphatic carbocycles. The second kappa shape index (κ2) is 4.72. The van der Waals surface area contributed by atoms with Crippen molar-refractivity contribution >= 4 is 38.3 Å². The van der Waals surface area contributed by atoms with Crippen LogP contribution in [-0.2, 0) is 4.79 Å². The van der Waals surface area contributed by atoms with Gasteiger partial charge in [0.05, 0.1) is 10.5 Å². The Morgan fingerprint density at radius 1 is 1.85 bits per heavy atom. The first-order valence-corrected chi connectivity index (χ1v) is 5.80. The molecule has 5 heteroatoms. The maximum Gasteiger partial charge on any atom is 0.239 e. The van der Waals surface area contributed by atoms with Crippen LogP contribution in [0.3, 0.4) is 0 Å². The lowest BCUT2D eigenvalue weighted by molar-refractivity contribution is -0.115. The van der Waals surface area contributed by atoms with E-state index in [1.54, 1.807) is 0 Å². The smallest absolute Gasteiger partial charge is 0.239 e. The molecule has 0 saturated carbocycles. The number of aromatic nitrogens is 1. The summed E-state index contributed by atoms with van der Waals surface area (Å²) < 4.78 is 0. The standard InChI is InChI=1S/C8H11BrN2OS/c1-3-6(9)7(12)11-8-10-5(2)4-13-8/h4,6H,3H2,1-2H3,(H,10,11,12). The Balaban J connectivity index is 2.54. The Bertz CT molecular complexity index is 300. The quantitative estimate of drug-likeness (QED) is 0.851. The molecule has 1 aromatic heterocycles. The number of carbonyl (C=O) groups excluding carboxylic acids is 1. The van der Waals surface area contributed by atoms with Crippen molar-refractivity contribution in [2.75, 3.05) is 5.32 Å². The lowest BCUT2D eigenvalue weighted by atomic mass is 10.3. The number of hydrogen-bond donors (Lipinski definition) is 1. The number of carbonyl (C=O) groups is 1. The van der Waals surface area contributed by atoms with Gasteiger partial charge >= 0.3 is 0 Å². The molecule has 0 aliphatic rings. The number of halogens is 1. The van der Waals surface area contributed by atoms with E-state index in [0.29, 0.717) is 5.13 Å². The minimum atomic E-state index is -0.128. The van der Waals surface area contributed by atoms with E-state index >= 15 is 0 Å². The lowest BCUT2D eigenvalue weighted by Crippen LogP contribution is -2.21. The summed E-state index contributed by atoms with van der Waals surface area (Å²) in [5.41, 5.74) is 0.933. The van der Waals surface area contributed by atoms with E-state index in [-0.39, 0.29) is 10.7 Å². The number of anilines is 1. The molecule has 72 valence electrons. The summed E-state index contributed by atoms with van der Waals surface area (Å²) in [6.45, 7) is 3.85. The third-order valence-electron chi connectivity index (χ3n) is 1.49. The Labute approximate surface area is 89.7 Å². The molecule has 1 atom stereocenters. The molecular weight excluding hydrogens is 252 g/mol. The number of hydrogen-bond acceptors (Lipinski definition) is 3. The highest BCUT2D eigenvalue weighted by Crippen LogP contribution is 2.16. The molecule has 1 amide bonds. The van der Waals surface area contributed by atoms with Gasteiger partial charge in [0.2, 0.25) is 5.91 Å². The molecule has 1 rings (SSSR count). The van der Waals surface area contributed by atoms with Crippen molar-refractivity contribution in [1.82, 2.24) is 4.98 Å². The maximum absolute atomic E-state index is 11.4. The number of nitrogens with zero attached hydrogens (tertiary/aromatic N) is 1. The van der Waals surface area contributed by atoms with E-state index in [4.69, 9.17) is 0 Å². The van der Waals surface area contributed by atoms with Gasteiger partial charge in [-0.15, -0.1) is 11.3 Å². The van der Waals surface area contributed by atoms with Crippen LogP contribution in [0.5, 0.6) is 0 Å². The highest BCUT2D eigenvalue weighted by molar-refractivity contribution is 9.10. The average molecular weight is 263 g/mol. The first-order chi connectivity index (χ1) is 6.13. The zero-order valence-corrected chi connectivity index (χ0v) is 9.91. The first kappa shape index (κ1) is 10.7. The molecule has 0 radical (unpaired) electrons. The van der Waals surface area contributed by atoms with Gasteiger partial charge in [-0.3, -0.25) is 4.79 Å². The maximum atomic E-state index is 11.4. The van der Waals surface area contributed by atoms with Gasteiger partial charge in [-0.2, -0.15) is 0 Å². The van der Waals surface area contributed by atoms with E-state index in [1.807, 2.05) is 19.2 Å². The molecule has 0 bridgehead atoms. The number of nitrogens with one attached hydrogen (secondary N) is 1. The lowest BCUT2D eigenvalue weighted by Gasteiger charge is -2.04. The summed E-state index contributed by atoms with van der Waals surface area (Å²) in [4.78, 5) is 15.4. The van der Waals surface area contributed by atoms with Gasteiger partial charge in [0, 0.05) is 5.38 Å². The summed E-state index contributed by atoms with van der Waals surface area (Å²) in [5.74, 6) is -0.0307. The zero-order valence-electron chi connectivity index (χ0n) is 7.50. The van der Waals surface area contributed by atoms with Gasteiger partial charge in [-0.25, -0.2) is 4.98 Å². The van der Waals surface area contributed by atoms with Crippen molar-refractivity contribution in [2.45, 2.75) is 25.1 Å². The molecule has 0 saturated heterocycles. The largest absolute Gasteiger partial charge is 0.301 e. The molecular formula is C8H11BrN2OS. The van der Waals surface area contributed by atoms with Gasteiger partial charge in [0.1, 0.15) is 0 Å². The third-order valence-corrected chi connectivity index (χ3v) is 3.43. The second-order valence-corrected chi connectivity index (χ2v) is 4.62. The molecule has 0 fully saturated rings. The number of amides is 1. The van der Waals surface area contributed by atoms with Crippen molar-refractivity contribution in [3.8, 4) is 0 Å². The summed E-state index contributed by atoms with van der Waals surface area (Å²) in [6, 6.07) is 0. The van der Waals surface area contributed by atoms with Gasteiger partial charge in [-0.05, 0) is 13.3 Å². The highest BCUT2D eigenvalue weighted by Gasteiger charge is 2.13. The van der Waals surface area contributed by atoms with Crippen molar-refractivity contribution < 1.29 is 4.79 Å². The third kappa shape index (κ3) is 3.08. The molecule has 1 aromatic rings. The summed E-state index contributed by atoms with van der Waals surface area (Å²) in [5, 5.41) is 5.31. The fourth-order valence-electron chi connectivity index (χ4n) is 0.780. The fraction of sp³-hybridized carbons (Fsp3) is 0.500. The minimum absolute atomic E-state index is 0.0307. The Hall–Kier alpha value is -0.420. The Morgan fingerprint density at radius 3 is 3.00 bits per heavy atom. The highest BCUT2D eigenvalue weighted by atomic mass is 79.9. The zero-order chi connectivity index (χ0) is 9.84. The molecule has 0 aromatic carbocycles. The van der Waals surface area contributed by atoms with Gasteiger partial charge in [-0.1, -0.05) is 22.9 Å². The van der Waals surface area contributed by atoms with Crippen molar-refractivity contribution in [3.05, 3.63) is 11.1 Å². The van der Waals surface area contributed by atoms with Crippen LogP contribution in [0.4, 0.5) is 5.13 Å². The summed E-state index contributed by atoms with van der Waals surface area (Å²) >= 11 is 4.71. The molecule has 1 N–H and O–H groups in total. The van der Waals surface area contributed by atoms with Crippen molar-refractivity contribution in [2.24, 2.45) is 0 Å². The molecule has 3 nitrogen and oxygen atoms in total. The number of rotatable bonds is 3. The van der Waals surface area contributed by atoms with E-state index in [0.717, 1.165) is 12.1 Å². The normalized spacial score (nSPS) is 12.5. The number of aryl methyl sites for hydroxylation is 1. The van der Waals surface area contributed by atoms with Gasteiger partial charge < -0.3 is 5.32 Å². The molecule has 0 aliphatic heterocycles. The van der Waals surface area contributed by atoms with E-state index in [9.17, 15) is 4.79 Å². The van der Waals surface area contributed by atoms with Crippen LogP contribution in [0, 0.1) is 6.92 Å². The van der Waals surface area contributed by atoms with Crippen LogP contribution in [0.2, 0.25) is 0 Å². The van der Waals surface area contributed by atoms with Crippen LogP contribution in [0.15, 0.2) is 5.38 Å². The summed E-state index contributed by atoms with van der Waals surface area (Å²) in [6.07, 6.45) is 0.774. The van der Waals surface area contributed by atoms with Crippen LogP contribution >= 0.6 is 27.3 Å². The second-order valence-electron chi connectivity index (χ2n) is 2.66. The van der Waals surface area contributed by atoms with Crippen LogP contribution in [0.1, 0.15) is 19.0 Å². The van der Waals surface area contributed by atoms with Gasteiger partial charge in [0.25, 0.3) is 0 Å². The predicted molar refractivity (Wildman–Crippen MR) is 58.5 cm³/mol. The van der Waals surface area contributed by atoms with Crippen LogP contribution in [0.25, 0.3) is 0 Å². The van der Waals surface area contributed by atoms with E-state index < -0.39 is 0 Å². The molecule has 0 spiro atoms. The Kier molecular flexibility index (Phi) is 3.87. The number of alkyl halides is 1. The minimum Gasteiger partial charge on any atom is -0.301 e. The molecule has 1 heterocycles. The van der Waals surface area contributed by atoms with Gasteiger partial charge in [0.15, 0.2) is 5.13 Å². The van der Waals surface area contributed by atoms with Crippen molar-refractivity contribution in [1.29, 1.82) is 0 Å². The van der Waals surface area contributed by atoms with Crippen LogP contribution in [-0.4, -0.2) is 15.7 Å². The fourth-order valence-corrected chi connectivity index (χ4v) is 1.59. The molecule has 13 heavy (non-hydrogen) atoms. The predicted octanol–water partition coefficient (Wildman–Crippen LogP) is 2.56. The Morgan fingerprint density at radius 2 is 2.54 bits per heavy atom. The van der Waals surface area contributed by atoms with Crippen LogP contribution < -0.4 is 5.32 Å².